The zero-order valence-electron chi connectivity index (χ0n) is 13.0. The highest BCUT2D eigenvalue weighted by atomic mass is 16.5. The second kappa shape index (κ2) is 9.28. The van der Waals surface area contributed by atoms with Crippen LogP contribution in [0.2, 0.25) is 0 Å². The summed E-state index contributed by atoms with van der Waals surface area (Å²) < 4.78 is 10.7. The van der Waals surface area contributed by atoms with Crippen molar-refractivity contribution in [3.8, 4) is 0 Å². The summed E-state index contributed by atoms with van der Waals surface area (Å²) in [4.78, 5) is 14.4. The maximum Gasteiger partial charge on any atom is 0.228 e. The number of nitrogens with zero attached hydrogens (tertiary/aromatic N) is 1. The Hall–Kier alpha value is -0.690. The first kappa shape index (κ1) is 17.4. The largest absolute Gasteiger partial charge is 0.384 e. The van der Waals surface area contributed by atoms with E-state index in [0.29, 0.717) is 26.4 Å². The molecular formula is C14H29N3O3. The van der Waals surface area contributed by atoms with Gasteiger partial charge in [0, 0.05) is 20.2 Å². The highest BCUT2D eigenvalue weighted by Crippen LogP contribution is 2.29. The second-order valence-electron chi connectivity index (χ2n) is 5.63. The van der Waals surface area contributed by atoms with Crippen LogP contribution in [0.15, 0.2) is 0 Å². The van der Waals surface area contributed by atoms with Crippen molar-refractivity contribution < 1.29 is 14.3 Å². The van der Waals surface area contributed by atoms with E-state index in [2.05, 4.69) is 15.5 Å². The van der Waals surface area contributed by atoms with E-state index in [0.717, 1.165) is 32.5 Å². The predicted molar refractivity (Wildman–Crippen MR) is 78.8 cm³/mol. The van der Waals surface area contributed by atoms with Crippen molar-refractivity contribution in [2.75, 3.05) is 67.2 Å². The Labute approximate surface area is 122 Å². The molecule has 118 valence electrons. The van der Waals surface area contributed by atoms with Gasteiger partial charge in [-0.2, -0.15) is 0 Å². The molecule has 0 unspecified atom stereocenters. The topological polar surface area (TPSA) is 62.8 Å². The third kappa shape index (κ3) is 5.75. The summed E-state index contributed by atoms with van der Waals surface area (Å²) >= 11 is 0. The average molecular weight is 287 g/mol. The molecule has 1 aliphatic rings. The number of carbonyl (C=O) groups is 1. The Kier molecular flexibility index (Phi) is 8.06. The molecular weight excluding hydrogens is 258 g/mol. The van der Waals surface area contributed by atoms with Crippen LogP contribution in [0.25, 0.3) is 0 Å². The van der Waals surface area contributed by atoms with Crippen LogP contribution in [-0.4, -0.2) is 78.0 Å². The van der Waals surface area contributed by atoms with Crippen LogP contribution in [0.3, 0.4) is 0 Å². The summed E-state index contributed by atoms with van der Waals surface area (Å²) in [5, 5.41) is 6.26. The molecule has 0 aliphatic carbocycles. The van der Waals surface area contributed by atoms with Crippen LogP contribution in [-0.2, 0) is 14.3 Å². The number of likely N-dealkylation sites (N-methyl/N-ethyl adjacent to an activating group) is 1. The molecule has 1 fully saturated rings. The van der Waals surface area contributed by atoms with E-state index in [-0.39, 0.29) is 11.3 Å². The van der Waals surface area contributed by atoms with Crippen molar-refractivity contribution in [2.45, 2.75) is 12.8 Å². The van der Waals surface area contributed by atoms with Gasteiger partial charge in [0.2, 0.25) is 5.91 Å². The molecule has 1 rings (SSSR count). The molecule has 0 aromatic heterocycles. The zero-order chi connectivity index (χ0) is 14.8. The number of hydrogen-bond donors (Lipinski definition) is 2. The number of carbonyl (C=O) groups excluding carboxylic acids is 1. The average Bonchev–Trinajstić information content (AvgIpc) is 2.43. The van der Waals surface area contributed by atoms with Gasteiger partial charge in [0.25, 0.3) is 0 Å². The van der Waals surface area contributed by atoms with Gasteiger partial charge in [-0.1, -0.05) is 0 Å². The normalized spacial score (nSPS) is 18.2. The SMILES string of the molecule is COCC1(C(=O)NCCOCCN(C)C)CCNCC1. The lowest BCUT2D eigenvalue weighted by atomic mass is 9.78. The van der Waals surface area contributed by atoms with Crippen molar-refractivity contribution in [3.63, 3.8) is 0 Å². The Morgan fingerprint density at radius 3 is 2.60 bits per heavy atom. The number of amides is 1. The fourth-order valence-corrected chi connectivity index (χ4v) is 2.39. The van der Waals surface area contributed by atoms with E-state index in [1.165, 1.54) is 0 Å². The first-order valence-electron chi connectivity index (χ1n) is 7.31. The summed E-state index contributed by atoms with van der Waals surface area (Å²) in [6.07, 6.45) is 1.66. The number of rotatable bonds is 9. The van der Waals surface area contributed by atoms with Crippen molar-refractivity contribution >= 4 is 5.91 Å². The molecule has 0 radical (unpaired) electrons. The lowest BCUT2D eigenvalue weighted by Crippen LogP contribution is -2.50. The monoisotopic (exact) mass is 287 g/mol. The van der Waals surface area contributed by atoms with Gasteiger partial charge in [0.15, 0.2) is 0 Å². The second-order valence-corrected chi connectivity index (χ2v) is 5.63. The zero-order valence-corrected chi connectivity index (χ0v) is 13.0. The molecule has 1 saturated heterocycles. The molecule has 0 spiro atoms. The summed E-state index contributed by atoms with van der Waals surface area (Å²) in [5.74, 6) is 0.0945. The highest BCUT2D eigenvalue weighted by Gasteiger charge is 2.39. The molecule has 20 heavy (non-hydrogen) atoms. The first-order chi connectivity index (χ1) is 9.60. The fourth-order valence-electron chi connectivity index (χ4n) is 2.39. The van der Waals surface area contributed by atoms with Gasteiger partial charge >= 0.3 is 0 Å². The molecule has 0 aromatic carbocycles. The first-order valence-corrected chi connectivity index (χ1v) is 7.31. The standard InChI is InChI=1S/C14H29N3O3/c1-17(2)9-11-20-10-8-16-13(18)14(12-19-3)4-6-15-7-5-14/h15H,4-12H2,1-3H3,(H,16,18). The van der Waals surface area contributed by atoms with Crippen molar-refractivity contribution in [1.82, 2.24) is 15.5 Å². The fraction of sp³-hybridized carbons (Fsp3) is 0.929. The van der Waals surface area contributed by atoms with Crippen LogP contribution >= 0.6 is 0 Å². The lowest BCUT2D eigenvalue weighted by molar-refractivity contribution is -0.136. The number of ether oxygens (including phenoxy) is 2. The third-order valence-electron chi connectivity index (χ3n) is 3.68. The minimum absolute atomic E-state index is 0.0945. The minimum Gasteiger partial charge on any atom is -0.384 e. The van der Waals surface area contributed by atoms with Crippen LogP contribution in [0.5, 0.6) is 0 Å². The van der Waals surface area contributed by atoms with Gasteiger partial charge in [-0.05, 0) is 40.0 Å². The molecule has 6 heteroatoms. The van der Waals surface area contributed by atoms with Crippen molar-refractivity contribution in [3.05, 3.63) is 0 Å². The number of nitrogens with one attached hydrogen (secondary N) is 2. The van der Waals surface area contributed by atoms with Gasteiger partial charge in [-0.25, -0.2) is 0 Å². The quantitative estimate of drug-likeness (QED) is 0.570. The van der Waals surface area contributed by atoms with Crippen molar-refractivity contribution in [1.29, 1.82) is 0 Å². The molecule has 1 aliphatic heterocycles. The molecule has 1 heterocycles. The molecule has 6 nitrogen and oxygen atoms in total. The maximum absolute atomic E-state index is 12.4. The maximum atomic E-state index is 12.4. The molecule has 0 saturated carbocycles. The minimum atomic E-state index is -0.371. The Balaban J connectivity index is 2.25. The van der Waals surface area contributed by atoms with E-state index in [1.54, 1.807) is 7.11 Å². The molecule has 0 atom stereocenters. The van der Waals surface area contributed by atoms with Crippen LogP contribution < -0.4 is 10.6 Å². The van der Waals surface area contributed by atoms with Crippen LogP contribution in [0.4, 0.5) is 0 Å². The molecule has 0 bridgehead atoms. The summed E-state index contributed by atoms with van der Waals surface area (Å²) in [7, 11) is 5.68. The Morgan fingerprint density at radius 1 is 1.30 bits per heavy atom. The lowest BCUT2D eigenvalue weighted by Gasteiger charge is -2.35. The van der Waals surface area contributed by atoms with Crippen LogP contribution in [0, 0.1) is 5.41 Å². The van der Waals surface area contributed by atoms with Gasteiger partial charge in [0.1, 0.15) is 0 Å². The number of piperidine rings is 1. The van der Waals surface area contributed by atoms with Gasteiger partial charge in [-0.3, -0.25) is 4.79 Å². The highest BCUT2D eigenvalue weighted by molar-refractivity contribution is 5.83. The number of hydrogen-bond acceptors (Lipinski definition) is 5. The number of methoxy groups -OCH3 is 1. The van der Waals surface area contributed by atoms with E-state index in [1.807, 2.05) is 14.1 Å². The summed E-state index contributed by atoms with van der Waals surface area (Å²) in [6, 6.07) is 0. The molecule has 1 amide bonds. The van der Waals surface area contributed by atoms with Crippen LogP contribution in [0.1, 0.15) is 12.8 Å². The van der Waals surface area contributed by atoms with E-state index in [4.69, 9.17) is 9.47 Å². The van der Waals surface area contributed by atoms with E-state index >= 15 is 0 Å². The molecule has 2 N–H and O–H groups in total. The van der Waals surface area contributed by atoms with Gasteiger partial charge < -0.3 is 25.0 Å². The Bertz CT molecular complexity index is 273. The van der Waals surface area contributed by atoms with Crippen molar-refractivity contribution in [2.24, 2.45) is 5.41 Å². The molecule has 0 aromatic rings. The Morgan fingerprint density at radius 2 is 2.00 bits per heavy atom. The smallest absolute Gasteiger partial charge is 0.228 e. The van der Waals surface area contributed by atoms with Gasteiger partial charge in [0.05, 0.1) is 25.2 Å². The predicted octanol–water partition coefficient (Wildman–Crippen LogP) is -0.303. The van der Waals surface area contributed by atoms with E-state index < -0.39 is 0 Å². The van der Waals surface area contributed by atoms with E-state index in [9.17, 15) is 4.79 Å². The van der Waals surface area contributed by atoms with Gasteiger partial charge in [-0.15, -0.1) is 0 Å². The third-order valence-corrected chi connectivity index (χ3v) is 3.68. The summed E-state index contributed by atoms with van der Waals surface area (Å²) in [6.45, 7) is 4.93. The summed E-state index contributed by atoms with van der Waals surface area (Å²) in [5.41, 5.74) is -0.371.